The molecule has 3 rings (SSSR count). The average Bonchev–Trinajstić information content (AvgIpc) is 3.32. The molecule has 1 fully saturated rings. The summed E-state index contributed by atoms with van der Waals surface area (Å²) >= 11 is 0. The Labute approximate surface area is 135 Å². The van der Waals surface area contributed by atoms with Crippen LogP contribution in [0.2, 0.25) is 0 Å². The zero-order valence-electron chi connectivity index (χ0n) is 13.4. The standard InChI is InChI=1S/C17H21N3O3/c1-20(9-10-23-14-7-5-13(22-2)6-8-14)17(21)16-11-15(18-19-16)12-3-4-12/h5-8,11-12H,3-4,9-10H2,1-2H3,(H,18,19). The van der Waals surface area contributed by atoms with Gasteiger partial charge in [-0.1, -0.05) is 0 Å². The van der Waals surface area contributed by atoms with E-state index in [1.54, 1.807) is 19.1 Å². The second kappa shape index (κ2) is 6.73. The van der Waals surface area contributed by atoms with Gasteiger partial charge in [0.15, 0.2) is 0 Å². The van der Waals surface area contributed by atoms with Gasteiger partial charge in [0.25, 0.3) is 5.91 Å². The van der Waals surface area contributed by atoms with Crippen LogP contribution in [0.25, 0.3) is 0 Å². The molecule has 2 aromatic rings. The molecule has 0 atom stereocenters. The molecule has 0 bridgehead atoms. The smallest absolute Gasteiger partial charge is 0.274 e. The molecule has 6 nitrogen and oxygen atoms in total. The van der Waals surface area contributed by atoms with Crippen LogP contribution in [-0.4, -0.2) is 48.3 Å². The fourth-order valence-electron chi connectivity index (χ4n) is 2.32. The second-order valence-corrected chi connectivity index (χ2v) is 5.73. The molecule has 1 aliphatic rings. The Hall–Kier alpha value is -2.50. The first-order chi connectivity index (χ1) is 11.2. The molecule has 0 radical (unpaired) electrons. The van der Waals surface area contributed by atoms with Gasteiger partial charge in [-0.15, -0.1) is 0 Å². The van der Waals surface area contributed by atoms with E-state index in [0.717, 1.165) is 17.2 Å². The van der Waals surface area contributed by atoms with Crippen LogP contribution in [0.1, 0.15) is 34.9 Å². The third-order valence-electron chi connectivity index (χ3n) is 3.94. The molecule has 1 N–H and O–H groups in total. The summed E-state index contributed by atoms with van der Waals surface area (Å²) in [7, 11) is 3.38. The van der Waals surface area contributed by atoms with Crippen molar-refractivity contribution >= 4 is 5.91 Å². The number of ether oxygens (including phenoxy) is 2. The van der Waals surface area contributed by atoms with Crippen LogP contribution in [0.5, 0.6) is 11.5 Å². The van der Waals surface area contributed by atoms with E-state index in [-0.39, 0.29) is 5.91 Å². The van der Waals surface area contributed by atoms with E-state index < -0.39 is 0 Å². The molecule has 23 heavy (non-hydrogen) atoms. The van der Waals surface area contributed by atoms with Gasteiger partial charge in [0, 0.05) is 18.7 Å². The monoisotopic (exact) mass is 315 g/mol. The lowest BCUT2D eigenvalue weighted by atomic mass is 10.2. The highest BCUT2D eigenvalue weighted by molar-refractivity contribution is 5.92. The number of aromatic amines is 1. The maximum Gasteiger partial charge on any atom is 0.274 e. The van der Waals surface area contributed by atoms with E-state index in [1.165, 1.54) is 12.8 Å². The Balaban J connectivity index is 1.47. The Morgan fingerprint density at radius 3 is 2.65 bits per heavy atom. The van der Waals surface area contributed by atoms with E-state index in [9.17, 15) is 4.79 Å². The van der Waals surface area contributed by atoms with Crippen molar-refractivity contribution in [3.63, 3.8) is 0 Å². The van der Waals surface area contributed by atoms with Crippen LogP contribution in [0.3, 0.4) is 0 Å². The molecule has 6 heteroatoms. The predicted octanol–water partition coefficient (Wildman–Crippen LogP) is 2.45. The first kappa shape index (κ1) is 15.4. The van der Waals surface area contributed by atoms with Gasteiger partial charge >= 0.3 is 0 Å². The molecular weight excluding hydrogens is 294 g/mol. The lowest BCUT2D eigenvalue weighted by molar-refractivity contribution is 0.0768. The van der Waals surface area contributed by atoms with Crippen molar-refractivity contribution in [2.45, 2.75) is 18.8 Å². The van der Waals surface area contributed by atoms with Crippen LogP contribution in [-0.2, 0) is 0 Å². The maximum absolute atomic E-state index is 12.3. The average molecular weight is 315 g/mol. The number of aromatic nitrogens is 2. The Morgan fingerprint density at radius 2 is 2.00 bits per heavy atom. The van der Waals surface area contributed by atoms with Crippen molar-refractivity contribution in [3.05, 3.63) is 41.7 Å². The third kappa shape index (κ3) is 3.83. The number of likely N-dealkylation sites (N-methyl/N-ethyl adjacent to an activating group) is 1. The van der Waals surface area contributed by atoms with Crippen molar-refractivity contribution in [1.82, 2.24) is 15.1 Å². The van der Waals surface area contributed by atoms with E-state index in [0.29, 0.717) is 24.8 Å². The van der Waals surface area contributed by atoms with E-state index in [1.807, 2.05) is 30.3 Å². The van der Waals surface area contributed by atoms with Crippen LogP contribution in [0.15, 0.2) is 30.3 Å². The SMILES string of the molecule is COc1ccc(OCCN(C)C(=O)c2cc(C3CC3)[nH]n2)cc1. The highest BCUT2D eigenvalue weighted by Gasteiger charge is 2.27. The quantitative estimate of drug-likeness (QED) is 0.852. The van der Waals surface area contributed by atoms with Crippen molar-refractivity contribution in [2.24, 2.45) is 0 Å². The molecule has 0 spiro atoms. The molecule has 122 valence electrons. The molecule has 1 aromatic heterocycles. The lowest BCUT2D eigenvalue weighted by Gasteiger charge is -2.16. The summed E-state index contributed by atoms with van der Waals surface area (Å²) in [6.07, 6.45) is 2.36. The largest absolute Gasteiger partial charge is 0.497 e. The number of hydrogen-bond acceptors (Lipinski definition) is 4. The Bertz CT molecular complexity index is 662. The van der Waals surface area contributed by atoms with Crippen molar-refractivity contribution in [3.8, 4) is 11.5 Å². The number of H-pyrrole nitrogens is 1. The van der Waals surface area contributed by atoms with Gasteiger partial charge in [-0.3, -0.25) is 9.89 Å². The van der Waals surface area contributed by atoms with Gasteiger partial charge < -0.3 is 14.4 Å². The first-order valence-electron chi connectivity index (χ1n) is 7.75. The van der Waals surface area contributed by atoms with Gasteiger partial charge in [-0.05, 0) is 43.2 Å². The van der Waals surface area contributed by atoms with Crippen molar-refractivity contribution in [2.75, 3.05) is 27.3 Å². The zero-order valence-corrected chi connectivity index (χ0v) is 13.4. The molecule has 1 aromatic carbocycles. The molecular formula is C17H21N3O3. The fraction of sp³-hybridized carbons (Fsp3) is 0.412. The number of amides is 1. The van der Waals surface area contributed by atoms with Crippen LogP contribution < -0.4 is 9.47 Å². The molecule has 1 heterocycles. The lowest BCUT2D eigenvalue weighted by Crippen LogP contribution is -2.31. The highest BCUT2D eigenvalue weighted by Crippen LogP contribution is 2.39. The number of rotatable bonds is 7. The molecule has 1 aliphatic carbocycles. The molecule has 1 saturated carbocycles. The van der Waals surface area contributed by atoms with Gasteiger partial charge in [0.1, 0.15) is 23.8 Å². The number of nitrogens with zero attached hydrogens (tertiary/aromatic N) is 2. The van der Waals surface area contributed by atoms with E-state index in [4.69, 9.17) is 9.47 Å². The number of hydrogen-bond donors (Lipinski definition) is 1. The molecule has 0 unspecified atom stereocenters. The topological polar surface area (TPSA) is 67.5 Å². The number of benzene rings is 1. The van der Waals surface area contributed by atoms with Gasteiger partial charge in [-0.25, -0.2) is 0 Å². The number of nitrogens with one attached hydrogen (secondary N) is 1. The summed E-state index contributed by atoms with van der Waals surface area (Å²) < 4.78 is 10.7. The second-order valence-electron chi connectivity index (χ2n) is 5.73. The van der Waals surface area contributed by atoms with Crippen LogP contribution in [0, 0.1) is 0 Å². The maximum atomic E-state index is 12.3. The number of carbonyl (C=O) groups excluding carboxylic acids is 1. The summed E-state index contributed by atoms with van der Waals surface area (Å²) in [5.41, 5.74) is 1.54. The van der Waals surface area contributed by atoms with Gasteiger partial charge in [0.05, 0.1) is 13.7 Å². The Kier molecular flexibility index (Phi) is 4.50. The minimum absolute atomic E-state index is 0.0912. The van der Waals surface area contributed by atoms with E-state index >= 15 is 0 Å². The minimum atomic E-state index is -0.0912. The Morgan fingerprint density at radius 1 is 1.30 bits per heavy atom. The summed E-state index contributed by atoms with van der Waals surface area (Å²) in [5.74, 6) is 2.01. The van der Waals surface area contributed by atoms with Gasteiger partial charge in [0.2, 0.25) is 0 Å². The number of carbonyl (C=O) groups is 1. The van der Waals surface area contributed by atoms with Gasteiger partial charge in [-0.2, -0.15) is 5.10 Å². The van der Waals surface area contributed by atoms with Crippen molar-refractivity contribution in [1.29, 1.82) is 0 Å². The number of methoxy groups -OCH3 is 1. The zero-order chi connectivity index (χ0) is 16.2. The molecule has 0 aliphatic heterocycles. The third-order valence-corrected chi connectivity index (χ3v) is 3.94. The summed E-state index contributed by atoms with van der Waals surface area (Å²) in [4.78, 5) is 13.9. The predicted molar refractivity (Wildman–Crippen MR) is 86.0 cm³/mol. The summed E-state index contributed by atoms with van der Waals surface area (Å²) in [6, 6.07) is 9.23. The fourth-order valence-corrected chi connectivity index (χ4v) is 2.32. The normalized spacial score (nSPS) is 13.7. The molecule has 0 saturated heterocycles. The first-order valence-corrected chi connectivity index (χ1v) is 7.75. The van der Waals surface area contributed by atoms with Crippen LogP contribution in [0.4, 0.5) is 0 Å². The molecule has 1 amide bonds. The van der Waals surface area contributed by atoms with Crippen molar-refractivity contribution < 1.29 is 14.3 Å². The summed E-state index contributed by atoms with van der Waals surface area (Å²) in [6.45, 7) is 0.922. The highest BCUT2D eigenvalue weighted by atomic mass is 16.5. The van der Waals surface area contributed by atoms with Crippen LogP contribution >= 0.6 is 0 Å². The summed E-state index contributed by atoms with van der Waals surface area (Å²) in [5, 5.41) is 7.07. The minimum Gasteiger partial charge on any atom is -0.497 e. The van der Waals surface area contributed by atoms with E-state index in [2.05, 4.69) is 10.2 Å².